The van der Waals surface area contributed by atoms with Crippen LogP contribution in [-0.4, -0.2) is 4.57 Å². The van der Waals surface area contributed by atoms with E-state index in [1.54, 1.807) is 0 Å². The summed E-state index contributed by atoms with van der Waals surface area (Å²) in [6, 6.07) is 105. The lowest BCUT2D eigenvalue weighted by Gasteiger charge is -2.33. The molecule has 16 rings (SSSR count). The number of anilines is 3. The first-order chi connectivity index (χ1) is 42.1. The van der Waals surface area contributed by atoms with Crippen LogP contribution >= 0.6 is 0 Å². The largest absolute Gasteiger partial charge is 0.310 e. The van der Waals surface area contributed by atoms with Crippen molar-refractivity contribution in [2.45, 2.75) is 69.6 Å². The number of para-hydroxylation sites is 1. The van der Waals surface area contributed by atoms with E-state index in [-0.39, 0.29) is 0 Å². The van der Waals surface area contributed by atoms with E-state index < -0.39 is 5.41 Å². The SMILES string of the molecule is CCCCCc1ccc2c(c1)c1cc(C3CCCC3)ccc1n2-c1ccc(-c2ccc(-c3ccc(N(c4ccc5c(c4)C4(c6ccccc6-c6ccccc64)c4ccccc4-5)c4ccccc4-c4ccccc4-c4ccccc4)cc3)cc2)cc1. The Labute approximate surface area is 500 Å². The fourth-order valence-electron chi connectivity index (χ4n) is 15.2. The average Bonchev–Trinajstić information content (AvgIpc) is 1.54. The minimum absolute atomic E-state index is 0.471. The molecule has 0 saturated heterocycles. The summed E-state index contributed by atoms with van der Waals surface area (Å²) in [6.07, 6.45) is 10.2. The van der Waals surface area contributed by atoms with Crippen LogP contribution in [0.1, 0.15) is 91.2 Å². The molecule has 1 fully saturated rings. The van der Waals surface area contributed by atoms with Gasteiger partial charge in [-0.2, -0.15) is 0 Å². The highest BCUT2D eigenvalue weighted by Gasteiger charge is 2.51. The van der Waals surface area contributed by atoms with E-state index in [9.17, 15) is 0 Å². The fraction of sp³-hybridized carbons (Fsp3) is 0.133. The van der Waals surface area contributed by atoms with E-state index in [0.29, 0.717) is 5.92 Å². The minimum Gasteiger partial charge on any atom is -0.310 e. The zero-order chi connectivity index (χ0) is 56.4. The summed E-state index contributed by atoms with van der Waals surface area (Å²) in [6.45, 7) is 2.29. The second kappa shape index (κ2) is 21.1. The van der Waals surface area contributed by atoms with Crippen molar-refractivity contribution >= 4 is 38.9 Å². The molecule has 12 aromatic carbocycles. The minimum atomic E-state index is -0.471. The molecule has 1 saturated carbocycles. The van der Waals surface area contributed by atoms with Crippen molar-refractivity contribution in [1.82, 2.24) is 4.57 Å². The van der Waals surface area contributed by atoms with Crippen LogP contribution in [0.15, 0.2) is 279 Å². The van der Waals surface area contributed by atoms with E-state index >= 15 is 0 Å². The molecule has 408 valence electrons. The molecular formula is C83H66N2. The van der Waals surface area contributed by atoms with E-state index in [2.05, 4.69) is 295 Å². The monoisotopic (exact) mass is 1090 g/mol. The number of rotatable bonds is 13. The Balaban J connectivity index is 0.765. The van der Waals surface area contributed by atoms with Gasteiger partial charge in [0, 0.05) is 33.4 Å². The Morgan fingerprint density at radius 3 is 1.49 bits per heavy atom. The van der Waals surface area contributed by atoms with Crippen molar-refractivity contribution in [1.29, 1.82) is 0 Å². The fourth-order valence-corrected chi connectivity index (χ4v) is 15.2. The molecule has 85 heavy (non-hydrogen) atoms. The second-order valence-corrected chi connectivity index (χ2v) is 24.0. The van der Waals surface area contributed by atoms with Crippen molar-refractivity contribution in [3.05, 3.63) is 312 Å². The first-order valence-corrected chi connectivity index (χ1v) is 31.0. The van der Waals surface area contributed by atoms with Crippen LogP contribution in [0.5, 0.6) is 0 Å². The molecule has 1 heterocycles. The van der Waals surface area contributed by atoms with Crippen LogP contribution < -0.4 is 4.90 Å². The van der Waals surface area contributed by atoms with Crippen molar-refractivity contribution in [3.8, 4) is 72.4 Å². The highest BCUT2D eigenvalue weighted by Crippen LogP contribution is 2.63. The van der Waals surface area contributed by atoms with Gasteiger partial charge in [0.25, 0.3) is 0 Å². The third kappa shape index (κ3) is 8.44. The summed E-state index contributed by atoms with van der Waals surface area (Å²) in [4.78, 5) is 2.50. The molecule has 2 nitrogen and oxygen atoms in total. The average molecular weight is 1090 g/mol. The Morgan fingerprint density at radius 2 is 0.871 bits per heavy atom. The van der Waals surface area contributed by atoms with Gasteiger partial charge in [0.2, 0.25) is 0 Å². The molecule has 1 spiro atoms. The summed E-state index contributed by atoms with van der Waals surface area (Å²) in [5.41, 5.74) is 29.6. The summed E-state index contributed by atoms with van der Waals surface area (Å²) < 4.78 is 2.49. The second-order valence-electron chi connectivity index (χ2n) is 24.0. The number of aromatic nitrogens is 1. The predicted octanol–water partition coefficient (Wildman–Crippen LogP) is 22.7. The third-order valence-corrected chi connectivity index (χ3v) is 19.2. The van der Waals surface area contributed by atoms with Gasteiger partial charge in [0.05, 0.1) is 22.1 Å². The molecule has 0 bridgehead atoms. The summed E-state index contributed by atoms with van der Waals surface area (Å²) in [5.74, 6) is 0.679. The molecule has 3 aliphatic rings. The quantitative estimate of drug-likeness (QED) is 0.104. The number of unbranched alkanes of at least 4 members (excludes halogenated alkanes) is 2. The van der Waals surface area contributed by atoms with Crippen LogP contribution in [0.25, 0.3) is 94.3 Å². The lowest BCUT2D eigenvalue weighted by atomic mass is 9.70. The number of aryl methyl sites for hydroxylation is 1. The molecule has 2 heteroatoms. The molecule has 0 radical (unpaired) electrons. The van der Waals surface area contributed by atoms with E-state index in [4.69, 9.17) is 0 Å². The van der Waals surface area contributed by atoms with E-state index in [1.807, 2.05) is 0 Å². The molecule has 0 aliphatic heterocycles. The molecule has 0 N–H and O–H groups in total. The Kier molecular flexibility index (Phi) is 12.7. The summed E-state index contributed by atoms with van der Waals surface area (Å²) >= 11 is 0. The number of hydrogen-bond acceptors (Lipinski definition) is 1. The van der Waals surface area contributed by atoms with Gasteiger partial charge in [-0.1, -0.05) is 245 Å². The number of hydrogen-bond donors (Lipinski definition) is 0. The molecule has 13 aromatic rings. The third-order valence-electron chi connectivity index (χ3n) is 19.2. The maximum Gasteiger partial charge on any atom is 0.0726 e. The van der Waals surface area contributed by atoms with Gasteiger partial charge >= 0.3 is 0 Å². The van der Waals surface area contributed by atoms with Gasteiger partial charge < -0.3 is 9.47 Å². The van der Waals surface area contributed by atoms with Crippen LogP contribution in [-0.2, 0) is 11.8 Å². The van der Waals surface area contributed by atoms with Gasteiger partial charge in [-0.3, -0.25) is 0 Å². The first-order valence-electron chi connectivity index (χ1n) is 31.0. The Hall–Kier alpha value is -9.76. The molecule has 0 amide bonds. The van der Waals surface area contributed by atoms with Crippen molar-refractivity contribution in [2.75, 3.05) is 4.90 Å². The van der Waals surface area contributed by atoms with Crippen molar-refractivity contribution in [2.24, 2.45) is 0 Å². The molecule has 0 atom stereocenters. The van der Waals surface area contributed by atoms with Crippen LogP contribution in [0, 0.1) is 0 Å². The number of nitrogens with zero attached hydrogens (tertiary/aromatic N) is 2. The molecular weight excluding hydrogens is 1020 g/mol. The number of fused-ring (bicyclic) bond motifs is 13. The molecule has 0 unspecified atom stereocenters. The van der Waals surface area contributed by atoms with Crippen LogP contribution in [0.2, 0.25) is 0 Å². The zero-order valence-corrected chi connectivity index (χ0v) is 48.2. The van der Waals surface area contributed by atoms with E-state index in [0.717, 1.165) is 23.5 Å². The van der Waals surface area contributed by atoms with Gasteiger partial charge in [-0.25, -0.2) is 0 Å². The van der Waals surface area contributed by atoms with Crippen LogP contribution in [0.4, 0.5) is 17.1 Å². The summed E-state index contributed by atoms with van der Waals surface area (Å²) in [7, 11) is 0. The van der Waals surface area contributed by atoms with Gasteiger partial charge in [0.15, 0.2) is 0 Å². The molecule has 3 aliphatic carbocycles. The highest BCUT2D eigenvalue weighted by atomic mass is 15.1. The Morgan fingerprint density at radius 1 is 0.376 bits per heavy atom. The normalized spacial score (nSPS) is 13.8. The predicted molar refractivity (Wildman–Crippen MR) is 358 cm³/mol. The van der Waals surface area contributed by atoms with Crippen molar-refractivity contribution in [3.63, 3.8) is 0 Å². The first kappa shape index (κ1) is 50.9. The van der Waals surface area contributed by atoms with Crippen LogP contribution in [0.3, 0.4) is 0 Å². The van der Waals surface area contributed by atoms with Crippen molar-refractivity contribution < 1.29 is 0 Å². The Bertz CT molecular complexity index is 4590. The molecule has 1 aromatic heterocycles. The maximum atomic E-state index is 2.53. The zero-order valence-electron chi connectivity index (χ0n) is 48.2. The summed E-state index contributed by atoms with van der Waals surface area (Å²) in [5, 5.41) is 2.76. The standard InChI is InChI=1S/C83H66N2/c1-2-3-5-20-56-35-51-81-74(53-56)75-54-63(57-21-8-9-22-57)44-52-82(75)85(81)65-47-42-61(43-48-65)59-38-36-58(37-39-59)60-40-45-64(46-41-60)84(80-34-19-15-30-73(80)68-26-11-10-25-67(68)62-23-6-4-7-24-62)66-49-50-72-71-29-14-18-33-78(71)83(79(72)55-66)76-31-16-12-27-69(76)70-28-13-17-32-77(70)83/h4,6-7,10-19,23-55,57H,2-3,5,8-9,20-22H2,1H3. The van der Waals surface area contributed by atoms with Gasteiger partial charge in [0.1, 0.15) is 0 Å². The maximum absolute atomic E-state index is 2.53. The number of benzene rings is 12. The highest BCUT2D eigenvalue weighted by molar-refractivity contribution is 6.10. The van der Waals surface area contributed by atoms with Gasteiger partial charge in [-0.15, -0.1) is 0 Å². The van der Waals surface area contributed by atoms with E-state index in [1.165, 1.54) is 173 Å². The lowest BCUT2D eigenvalue weighted by molar-refractivity contribution is 0.718. The van der Waals surface area contributed by atoms with Gasteiger partial charge in [-0.05, 0) is 193 Å². The smallest absolute Gasteiger partial charge is 0.0726 e. The lowest BCUT2D eigenvalue weighted by Crippen LogP contribution is -2.26. The topological polar surface area (TPSA) is 8.17 Å².